The Morgan fingerprint density at radius 2 is 1.97 bits per heavy atom. The van der Waals surface area contributed by atoms with Gasteiger partial charge in [-0.3, -0.25) is 4.79 Å². The number of ether oxygens (including phenoxy) is 2. The molecule has 1 N–H and O–H groups in total. The molecule has 0 radical (unpaired) electrons. The van der Waals surface area contributed by atoms with Gasteiger partial charge in [-0.25, -0.2) is 8.42 Å². The third-order valence-electron chi connectivity index (χ3n) is 4.78. The van der Waals surface area contributed by atoms with E-state index in [1.807, 2.05) is 25.1 Å². The van der Waals surface area contributed by atoms with Crippen molar-refractivity contribution in [3.8, 4) is 17.6 Å². The van der Waals surface area contributed by atoms with E-state index < -0.39 is 15.7 Å². The number of benzene rings is 1. The molecule has 1 amide bonds. The molecule has 1 aromatic rings. The summed E-state index contributed by atoms with van der Waals surface area (Å²) in [5, 5.41) is 12.2. The molecule has 0 aliphatic carbocycles. The second kappa shape index (κ2) is 10.3. The van der Waals surface area contributed by atoms with Crippen LogP contribution in [-0.2, 0) is 14.6 Å². The number of sulfone groups is 1. The van der Waals surface area contributed by atoms with E-state index in [0.29, 0.717) is 36.7 Å². The second-order valence-corrected chi connectivity index (χ2v) is 9.51. The van der Waals surface area contributed by atoms with E-state index in [0.717, 1.165) is 0 Å². The van der Waals surface area contributed by atoms with Gasteiger partial charge < -0.3 is 24.6 Å². The van der Waals surface area contributed by atoms with Gasteiger partial charge >= 0.3 is 0 Å². The summed E-state index contributed by atoms with van der Waals surface area (Å²) in [5.74, 6) is 0.516. The average Bonchev–Trinajstić information content (AvgIpc) is 3.07. The van der Waals surface area contributed by atoms with Crippen LogP contribution in [0.4, 0.5) is 5.69 Å². The van der Waals surface area contributed by atoms with E-state index >= 15 is 0 Å². The Labute approximate surface area is 177 Å². The molecule has 1 saturated heterocycles. The molecule has 9 nitrogen and oxygen atoms in total. The maximum atomic E-state index is 12.7. The number of amides is 1. The van der Waals surface area contributed by atoms with Crippen LogP contribution < -0.4 is 14.8 Å². The molecule has 30 heavy (non-hydrogen) atoms. The molecule has 1 aromatic carbocycles. The van der Waals surface area contributed by atoms with E-state index in [2.05, 4.69) is 5.32 Å². The molecule has 1 heterocycles. The van der Waals surface area contributed by atoms with Crippen LogP contribution in [0.1, 0.15) is 6.42 Å². The van der Waals surface area contributed by atoms with Crippen molar-refractivity contribution in [3.63, 3.8) is 0 Å². The van der Waals surface area contributed by atoms with Crippen molar-refractivity contribution in [3.05, 3.63) is 30.0 Å². The zero-order valence-electron chi connectivity index (χ0n) is 17.7. The molecular weight excluding hydrogens is 408 g/mol. The first-order chi connectivity index (χ1) is 14.2. The van der Waals surface area contributed by atoms with Crippen molar-refractivity contribution in [2.24, 2.45) is 0 Å². The Hall–Kier alpha value is -2.77. The van der Waals surface area contributed by atoms with Gasteiger partial charge in [0.05, 0.1) is 25.7 Å². The predicted octanol–water partition coefficient (Wildman–Crippen LogP) is 1.10. The average molecular weight is 437 g/mol. The summed E-state index contributed by atoms with van der Waals surface area (Å²) in [6.45, 7) is 1.16. The van der Waals surface area contributed by atoms with Gasteiger partial charge in [0.2, 0.25) is 0 Å². The Morgan fingerprint density at radius 1 is 1.27 bits per heavy atom. The topological polar surface area (TPSA) is 112 Å². The molecule has 2 rings (SSSR count). The molecule has 1 fully saturated rings. The smallest absolute Gasteiger partial charge is 0.267 e. The lowest BCUT2D eigenvalue weighted by Crippen LogP contribution is -2.37. The number of nitriles is 1. The number of hydrogen-bond acceptors (Lipinski definition) is 8. The lowest BCUT2D eigenvalue weighted by molar-refractivity contribution is -0.112. The number of methoxy groups -OCH3 is 2. The van der Waals surface area contributed by atoms with E-state index in [1.54, 1.807) is 23.1 Å². The quantitative estimate of drug-likeness (QED) is 0.452. The highest BCUT2D eigenvalue weighted by atomic mass is 32.2. The summed E-state index contributed by atoms with van der Waals surface area (Å²) in [6, 6.07) is 6.55. The standard InChI is InChI=1S/C20H28N4O5S/c1-23(2)8-9-24(17-7-10-30(26,27)14-17)13-15(12-21)20(25)22-16-5-6-18(28-3)19(11-16)29-4/h5-6,11,13,17H,7-10,14H2,1-4H3,(H,22,25)/b15-13-. The van der Waals surface area contributed by atoms with Crippen molar-refractivity contribution in [1.82, 2.24) is 9.80 Å². The van der Waals surface area contributed by atoms with Gasteiger partial charge in [-0.05, 0) is 32.6 Å². The summed E-state index contributed by atoms with van der Waals surface area (Å²) < 4.78 is 34.2. The van der Waals surface area contributed by atoms with Gasteiger partial charge in [0.1, 0.15) is 11.6 Å². The summed E-state index contributed by atoms with van der Waals surface area (Å²) >= 11 is 0. The molecule has 0 aromatic heterocycles. The highest BCUT2D eigenvalue weighted by Crippen LogP contribution is 2.30. The number of carbonyl (C=O) groups is 1. The fourth-order valence-electron chi connectivity index (χ4n) is 3.12. The van der Waals surface area contributed by atoms with Gasteiger partial charge in [-0.1, -0.05) is 0 Å². The lowest BCUT2D eigenvalue weighted by atomic mass is 10.2. The third-order valence-corrected chi connectivity index (χ3v) is 6.53. The van der Waals surface area contributed by atoms with E-state index in [-0.39, 0.29) is 23.1 Å². The van der Waals surface area contributed by atoms with Crippen molar-refractivity contribution in [2.45, 2.75) is 12.5 Å². The molecule has 1 aliphatic rings. The number of likely N-dealkylation sites (N-methyl/N-ethyl adjacent to an activating group) is 1. The van der Waals surface area contributed by atoms with Gasteiger partial charge in [0.15, 0.2) is 21.3 Å². The number of anilines is 1. The number of nitrogens with one attached hydrogen (secondary N) is 1. The van der Waals surface area contributed by atoms with Crippen molar-refractivity contribution in [1.29, 1.82) is 5.26 Å². The zero-order valence-corrected chi connectivity index (χ0v) is 18.5. The number of nitrogens with zero attached hydrogens (tertiary/aromatic N) is 3. The van der Waals surface area contributed by atoms with Crippen LogP contribution in [0.3, 0.4) is 0 Å². The molecule has 0 saturated carbocycles. The third kappa shape index (κ3) is 6.37. The van der Waals surface area contributed by atoms with E-state index in [1.165, 1.54) is 20.4 Å². The Bertz CT molecular complexity index is 937. The molecule has 0 bridgehead atoms. The number of hydrogen-bond donors (Lipinski definition) is 1. The second-order valence-electron chi connectivity index (χ2n) is 7.28. The van der Waals surface area contributed by atoms with Crippen LogP contribution in [0.2, 0.25) is 0 Å². The van der Waals surface area contributed by atoms with E-state index in [4.69, 9.17) is 9.47 Å². The van der Waals surface area contributed by atoms with Crippen LogP contribution in [0.25, 0.3) is 0 Å². The summed E-state index contributed by atoms with van der Waals surface area (Å²) in [4.78, 5) is 16.4. The molecule has 0 spiro atoms. The van der Waals surface area contributed by atoms with Crippen LogP contribution in [0, 0.1) is 11.3 Å². The van der Waals surface area contributed by atoms with Crippen LogP contribution in [0.15, 0.2) is 30.0 Å². The summed E-state index contributed by atoms with van der Waals surface area (Å²) in [5.41, 5.74) is 0.343. The SMILES string of the molecule is COc1ccc(NC(=O)/C(C#N)=C\N(CCN(C)C)C2CCS(=O)(=O)C2)cc1OC. The van der Waals surface area contributed by atoms with Gasteiger partial charge in [0.25, 0.3) is 5.91 Å². The van der Waals surface area contributed by atoms with Crippen LogP contribution in [-0.4, -0.2) is 83.1 Å². The number of carbonyl (C=O) groups excluding carboxylic acids is 1. The first kappa shape index (κ1) is 23.5. The van der Waals surface area contributed by atoms with Gasteiger partial charge in [-0.15, -0.1) is 0 Å². The Morgan fingerprint density at radius 3 is 2.50 bits per heavy atom. The summed E-state index contributed by atoms with van der Waals surface area (Å²) in [6.07, 6.45) is 1.94. The van der Waals surface area contributed by atoms with Crippen molar-refractivity contribution in [2.75, 3.05) is 58.2 Å². The van der Waals surface area contributed by atoms with Gasteiger partial charge in [0, 0.05) is 37.1 Å². The Kier molecular flexibility index (Phi) is 8.08. The van der Waals surface area contributed by atoms with Crippen molar-refractivity contribution < 1.29 is 22.7 Å². The monoisotopic (exact) mass is 436 g/mol. The maximum Gasteiger partial charge on any atom is 0.267 e. The van der Waals surface area contributed by atoms with Crippen LogP contribution in [0.5, 0.6) is 11.5 Å². The van der Waals surface area contributed by atoms with E-state index in [9.17, 15) is 18.5 Å². The summed E-state index contributed by atoms with van der Waals surface area (Å²) in [7, 11) is 3.71. The largest absolute Gasteiger partial charge is 0.493 e. The molecule has 1 atom stereocenters. The minimum absolute atomic E-state index is 0.0208. The van der Waals surface area contributed by atoms with Gasteiger partial charge in [-0.2, -0.15) is 5.26 Å². The first-order valence-corrected chi connectivity index (χ1v) is 11.3. The minimum atomic E-state index is -3.10. The fraction of sp³-hybridized carbons (Fsp3) is 0.500. The zero-order chi connectivity index (χ0) is 22.3. The highest BCUT2D eigenvalue weighted by Gasteiger charge is 2.31. The number of rotatable bonds is 9. The highest BCUT2D eigenvalue weighted by molar-refractivity contribution is 7.91. The van der Waals surface area contributed by atoms with Crippen molar-refractivity contribution >= 4 is 21.4 Å². The minimum Gasteiger partial charge on any atom is -0.493 e. The molecule has 164 valence electrons. The lowest BCUT2D eigenvalue weighted by Gasteiger charge is -2.28. The molecule has 1 aliphatic heterocycles. The molecule has 1 unspecified atom stereocenters. The predicted molar refractivity (Wildman–Crippen MR) is 114 cm³/mol. The fourth-order valence-corrected chi connectivity index (χ4v) is 4.86. The maximum absolute atomic E-state index is 12.7. The normalized spacial score (nSPS) is 18.0. The van der Waals surface area contributed by atoms with Crippen LogP contribution >= 0.6 is 0 Å². The Balaban J connectivity index is 2.22. The molecule has 10 heteroatoms. The first-order valence-electron chi connectivity index (χ1n) is 9.45. The molecular formula is C20H28N4O5S.